The molecular formula is C17H13F2IS. The van der Waals surface area contributed by atoms with Crippen LogP contribution in [0.25, 0.3) is 0 Å². The molecule has 4 rings (SSSR count). The molecule has 2 aliphatic rings. The van der Waals surface area contributed by atoms with Crippen LogP contribution in [0.2, 0.25) is 0 Å². The maximum atomic E-state index is 14.1. The van der Waals surface area contributed by atoms with Crippen LogP contribution in [-0.2, 0) is 5.75 Å². The van der Waals surface area contributed by atoms with E-state index in [0.29, 0.717) is 17.2 Å². The molecule has 1 aliphatic heterocycles. The van der Waals surface area contributed by atoms with Crippen LogP contribution in [0.4, 0.5) is 8.78 Å². The Bertz CT molecular complexity index is 725. The molecule has 0 spiro atoms. The Hall–Kier alpha value is -0.620. The quantitative estimate of drug-likeness (QED) is 0.409. The maximum Gasteiger partial charge on any atom is 0.163 e. The van der Waals surface area contributed by atoms with Crippen LogP contribution < -0.4 is 0 Å². The van der Waals surface area contributed by atoms with Gasteiger partial charge in [-0.2, -0.15) is 0 Å². The summed E-state index contributed by atoms with van der Waals surface area (Å²) in [6, 6.07) is 9.60. The Labute approximate surface area is 140 Å². The average Bonchev–Trinajstić information content (AvgIpc) is 3.32. The molecule has 0 nitrogen and oxygen atoms in total. The third-order valence-electron chi connectivity index (χ3n) is 4.24. The fourth-order valence-corrected chi connectivity index (χ4v) is 5.37. The minimum absolute atomic E-state index is 0.0750. The van der Waals surface area contributed by atoms with Gasteiger partial charge < -0.3 is 0 Å². The van der Waals surface area contributed by atoms with Crippen molar-refractivity contribution >= 4 is 34.4 Å². The summed E-state index contributed by atoms with van der Waals surface area (Å²) in [4.78, 5) is 1.22. The van der Waals surface area contributed by atoms with Crippen molar-refractivity contribution in [3.8, 4) is 0 Å². The number of benzene rings is 2. The number of fused-ring (bicyclic) bond motifs is 2. The van der Waals surface area contributed by atoms with Gasteiger partial charge in [-0.25, -0.2) is 8.78 Å². The molecular weight excluding hydrogens is 401 g/mol. The first kappa shape index (κ1) is 14.0. The van der Waals surface area contributed by atoms with Crippen LogP contribution in [0.3, 0.4) is 0 Å². The lowest BCUT2D eigenvalue weighted by atomic mass is 9.98. The van der Waals surface area contributed by atoms with Gasteiger partial charge in [0.25, 0.3) is 0 Å². The molecule has 21 heavy (non-hydrogen) atoms. The molecule has 0 amide bonds. The third-order valence-corrected chi connectivity index (χ3v) is 6.68. The highest BCUT2D eigenvalue weighted by atomic mass is 127. The van der Waals surface area contributed by atoms with E-state index in [0.717, 1.165) is 5.56 Å². The Morgan fingerprint density at radius 2 is 1.81 bits per heavy atom. The summed E-state index contributed by atoms with van der Waals surface area (Å²) in [5.41, 5.74) is 4.03. The van der Waals surface area contributed by atoms with Gasteiger partial charge in [-0.15, -0.1) is 11.8 Å². The van der Waals surface area contributed by atoms with Gasteiger partial charge in [0, 0.05) is 16.2 Å². The Balaban J connectivity index is 1.82. The fourth-order valence-electron chi connectivity index (χ4n) is 2.87. The molecule has 108 valence electrons. The number of hydrogen-bond donors (Lipinski definition) is 0. The van der Waals surface area contributed by atoms with Crippen molar-refractivity contribution in [2.45, 2.75) is 33.3 Å². The minimum atomic E-state index is -0.748. The molecule has 1 fully saturated rings. The molecule has 2 aromatic rings. The highest BCUT2D eigenvalue weighted by Crippen LogP contribution is 2.47. The topological polar surface area (TPSA) is 0 Å². The lowest BCUT2D eigenvalue weighted by Crippen LogP contribution is -2.01. The first-order chi connectivity index (χ1) is 10.1. The normalized spacial score (nSPS) is 20.6. The van der Waals surface area contributed by atoms with Crippen LogP contribution in [0.5, 0.6) is 0 Å². The number of alkyl halides is 1. The van der Waals surface area contributed by atoms with Crippen molar-refractivity contribution in [1.29, 1.82) is 0 Å². The van der Waals surface area contributed by atoms with Crippen molar-refractivity contribution in [2.24, 2.45) is 0 Å². The number of thioether (sulfide) groups is 1. The predicted octanol–water partition coefficient (Wildman–Crippen LogP) is 5.97. The van der Waals surface area contributed by atoms with E-state index in [1.807, 2.05) is 0 Å². The second kappa shape index (κ2) is 5.23. The van der Waals surface area contributed by atoms with Crippen LogP contribution >= 0.6 is 34.4 Å². The SMILES string of the molecule is Fc1ccc2c(c1F)CSc1cc(C3CC3)ccc1C2I. The fraction of sp³-hybridized carbons (Fsp3) is 0.294. The highest BCUT2D eigenvalue weighted by molar-refractivity contribution is 14.1. The van der Waals surface area contributed by atoms with Gasteiger partial charge in [0.2, 0.25) is 0 Å². The van der Waals surface area contributed by atoms with E-state index in [2.05, 4.69) is 40.8 Å². The zero-order chi connectivity index (χ0) is 14.6. The number of rotatable bonds is 1. The molecule has 0 aromatic heterocycles. The van der Waals surface area contributed by atoms with E-state index in [-0.39, 0.29) is 3.92 Å². The van der Waals surface area contributed by atoms with Crippen LogP contribution in [0, 0.1) is 11.6 Å². The van der Waals surface area contributed by atoms with Crippen molar-refractivity contribution in [1.82, 2.24) is 0 Å². The summed E-state index contributed by atoms with van der Waals surface area (Å²) in [7, 11) is 0. The molecule has 0 saturated heterocycles. The summed E-state index contributed by atoms with van der Waals surface area (Å²) in [5.74, 6) is -0.220. The van der Waals surface area contributed by atoms with Crippen molar-refractivity contribution in [3.63, 3.8) is 0 Å². The van der Waals surface area contributed by atoms with Crippen LogP contribution in [0.15, 0.2) is 35.2 Å². The van der Waals surface area contributed by atoms with Gasteiger partial charge in [0.1, 0.15) is 0 Å². The second-order valence-corrected chi connectivity index (χ2v) is 7.91. The predicted molar refractivity (Wildman–Crippen MR) is 90.2 cm³/mol. The zero-order valence-corrected chi connectivity index (χ0v) is 14.2. The molecule has 1 saturated carbocycles. The van der Waals surface area contributed by atoms with Gasteiger partial charge in [-0.05, 0) is 47.6 Å². The summed E-state index contributed by atoms with van der Waals surface area (Å²) in [5, 5.41) is 0. The molecule has 1 atom stereocenters. The third kappa shape index (κ3) is 2.40. The van der Waals surface area contributed by atoms with E-state index in [1.165, 1.54) is 34.9 Å². The van der Waals surface area contributed by atoms with E-state index in [1.54, 1.807) is 17.8 Å². The van der Waals surface area contributed by atoms with Gasteiger partial charge in [0.15, 0.2) is 11.6 Å². The molecule has 1 unspecified atom stereocenters. The van der Waals surface area contributed by atoms with Gasteiger partial charge in [0.05, 0.1) is 3.92 Å². The number of halogens is 3. The van der Waals surface area contributed by atoms with E-state index in [4.69, 9.17) is 0 Å². The first-order valence-electron chi connectivity index (χ1n) is 7.02. The standard InChI is InChI=1S/C17H13F2IS/c18-14-6-5-11-13(16(14)19)8-21-15-7-10(9-1-2-9)3-4-12(15)17(11)20/h3-7,9,17H,1-2,8H2. The Kier molecular flexibility index (Phi) is 3.49. The summed E-state index contributed by atoms with van der Waals surface area (Å²) in [6.07, 6.45) is 2.55. The molecule has 1 heterocycles. The Morgan fingerprint density at radius 3 is 2.57 bits per heavy atom. The van der Waals surface area contributed by atoms with Gasteiger partial charge in [-0.3, -0.25) is 0 Å². The number of hydrogen-bond acceptors (Lipinski definition) is 1. The van der Waals surface area contributed by atoms with E-state index >= 15 is 0 Å². The average molecular weight is 414 g/mol. The molecule has 2 aromatic carbocycles. The second-order valence-electron chi connectivity index (χ2n) is 5.65. The van der Waals surface area contributed by atoms with Crippen LogP contribution in [-0.4, -0.2) is 0 Å². The van der Waals surface area contributed by atoms with Crippen molar-refractivity contribution < 1.29 is 8.78 Å². The first-order valence-corrected chi connectivity index (χ1v) is 9.26. The smallest absolute Gasteiger partial charge is 0.163 e. The van der Waals surface area contributed by atoms with E-state index < -0.39 is 11.6 Å². The maximum absolute atomic E-state index is 14.1. The monoisotopic (exact) mass is 414 g/mol. The van der Waals surface area contributed by atoms with Crippen molar-refractivity contribution in [2.75, 3.05) is 0 Å². The highest BCUT2D eigenvalue weighted by Gasteiger charge is 2.28. The van der Waals surface area contributed by atoms with E-state index in [9.17, 15) is 8.78 Å². The summed E-state index contributed by atoms with van der Waals surface area (Å²) >= 11 is 3.96. The molecule has 1 aliphatic carbocycles. The summed E-state index contributed by atoms with van der Waals surface area (Å²) in [6.45, 7) is 0. The molecule has 0 radical (unpaired) electrons. The zero-order valence-electron chi connectivity index (χ0n) is 11.2. The minimum Gasteiger partial charge on any atom is -0.204 e. The lowest BCUT2D eigenvalue weighted by molar-refractivity contribution is 0.501. The van der Waals surface area contributed by atoms with Crippen LogP contribution in [0.1, 0.15) is 44.9 Å². The Morgan fingerprint density at radius 1 is 1.05 bits per heavy atom. The summed E-state index contributed by atoms with van der Waals surface area (Å²) < 4.78 is 27.6. The van der Waals surface area contributed by atoms with Crippen molar-refractivity contribution in [3.05, 3.63) is 64.2 Å². The van der Waals surface area contributed by atoms with Gasteiger partial charge >= 0.3 is 0 Å². The largest absolute Gasteiger partial charge is 0.204 e. The van der Waals surface area contributed by atoms with Gasteiger partial charge in [-0.1, -0.05) is 40.8 Å². The molecule has 0 bridgehead atoms. The molecule has 4 heteroatoms. The molecule has 0 N–H and O–H groups in total. The lowest BCUT2D eigenvalue weighted by Gasteiger charge is -2.14.